The van der Waals surface area contributed by atoms with Crippen LogP contribution in [0.4, 0.5) is 0 Å². The van der Waals surface area contributed by atoms with Crippen molar-refractivity contribution < 1.29 is 9.47 Å². The lowest BCUT2D eigenvalue weighted by atomic mass is 9.96. The second-order valence-electron chi connectivity index (χ2n) is 5.99. The van der Waals surface area contributed by atoms with Crippen molar-refractivity contribution in [1.82, 2.24) is 10.3 Å². The zero-order valence-corrected chi connectivity index (χ0v) is 12.9. The minimum absolute atomic E-state index is 0.104. The Balaban J connectivity index is 2.45. The molecule has 0 aromatic carbocycles. The fraction of sp³-hybridized carbons (Fsp3) is 1.00. The minimum Gasteiger partial charge on any atom is -0.379 e. The highest BCUT2D eigenvalue weighted by atomic mass is 16.5. The van der Waals surface area contributed by atoms with E-state index in [1.165, 1.54) is 6.42 Å². The molecule has 19 heavy (non-hydrogen) atoms. The lowest BCUT2D eigenvalue weighted by molar-refractivity contribution is -0.0537. The maximum atomic E-state index is 5.88. The summed E-state index contributed by atoms with van der Waals surface area (Å²) in [6.45, 7) is 10.4. The van der Waals surface area contributed by atoms with Gasteiger partial charge in [0.15, 0.2) is 0 Å². The van der Waals surface area contributed by atoms with Crippen LogP contribution in [0, 0.1) is 0 Å². The third-order valence-corrected chi connectivity index (χ3v) is 3.99. The van der Waals surface area contributed by atoms with Crippen molar-refractivity contribution in [2.45, 2.75) is 57.8 Å². The number of morpholine rings is 1. The first-order valence-electron chi connectivity index (χ1n) is 7.37. The second-order valence-corrected chi connectivity index (χ2v) is 5.99. The summed E-state index contributed by atoms with van der Waals surface area (Å²) >= 11 is 0. The van der Waals surface area contributed by atoms with E-state index < -0.39 is 0 Å². The molecule has 1 rings (SSSR count). The minimum atomic E-state index is -0.104. The van der Waals surface area contributed by atoms with Crippen molar-refractivity contribution in [3.63, 3.8) is 0 Å². The average Bonchev–Trinajstić information content (AvgIpc) is 2.40. The number of hydrogen-bond donors (Lipinski definition) is 2. The van der Waals surface area contributed by atoms with Gasteiger partial charge in [0.1, 0.15) is 0 Å². The molecule has 2 unspecified atom stereocenters. The van der Waals surface area contributed by atoms with Crippen LogP contribution >= 0.6 is 0 Å². The number of nitrogens with zero attached hydrogens (tertiary/aromatic N) is 1. The van der Waals surface area contributed by atoms with Crippen LogP contribution in [0.1, 0.15) is 40.0 Å². The van der Waals surface area contributed by atoms with Gasteiger partial charge in [0.05, 0.1) is 18.3 Å². The highest BCUT2D eigenvalue weighted by Gasteiger charge is 2.29. The molecule has 1 aliphatic rings. The van der Waals surface area contributed by atoms with Gasteiger partial charge in [-0.15, -0.1) is 0 Å². The standard InChI is InChI=1S/C14H31N3O2/c1-5-8-17-9-10-19-13(11-17)12(16-15)6-7-14(2,3)18-4/h12-13,16H,5-11,15H2,1-4H3. The van der Waals surface area contributed by atoms with Crippen molar-refractivity contribution in [2.24, 2.45) is 5.84 Å². The maximum Gasteiger partial charge on any atom is 0.0868 e. The fourth-order valence-corrected chi connectivity index (χ4v) is 2.48. The van der Waals surface area contributed by atoms with Crippen molar-refractivity contribution in [3.8, 4) is 0 Å². The normalized spacial score (nSPS) is 23.5. The Morgan fingerprint density at radius 3 is 2.84 bits per heavy atom. The van der Waals surface area contributed by atoms with Gasteiger partial charge in [-0.25, -0.2) is 0 Å². The molecule has 0 aromatic rings. The van der Waals surface area contributed by atoms with E-state index >= 15 is 0 Å². The Labute approximate surface area is 117 Å². The van der Waals surface area contributed by atoms with E-state index in [0.717, 1.165) is 39.1 Å². The van der Waals surface area contributed by atoms with Crippen LogP contribution < -0.4 is 11.3 Å². The number of hydrazine groups is 1. The van der Waals surface area contributed by atoms with Gasteiger partial charge in [0, 0.05) is 26.2 Å². The van der Waals surface area contributed by atoms with Gasteiger partial charge in [0.2, 0.25) is 0 Å². The molecular weight excluding hydrogens is 242 g/mol. The van der Waals surface area contributed by atoms with Gasteiger partial charge >= 0.3 is 0 Å². The van der Waals surface area contributed by atoms with Gasteiger partial charge in [-0.05, 0) is 39.7 Å². The summed E-state index contributed by atoms with van der Waals surface area (Å²) in [6.07, 6.45) is 3.29. The van der Waals surface area contributed by atoms with E-state index in [-0.39, 0.29) is 17.7 Å². The molecule has 5 nitrogen and oxygen atoms in total. The number of ether oxygens (including phenoxy) is 2. The van der Waals surface area contributed by atoms with Crippen LogP contribution in [0.2, 0.25) is 0 Å². The van der Waals surface area contributed by atoms with E-state index in [9.17, 15) is 0 Å². The molecule has 0 bridgehead atoms. The average molecular weight is 273 g/mol. The predicted octanol–water partition coefficient (Wildman–Crippen LogP) is 1.13. The first-order chi connectivity index (χ1) is 9.02. The summed E-state index contributed by atoms with van der Waals surface area (Å²) in [7, 11) is 1.75. The van der Waals surface area contributed by atoms with E-state index in [1.54, 1.807) is 7.11 Å². The summed E-state index contributed by atoms with van der Waals surface area (Å²) < 4.78 is 11.3. The second kappa shape index (κ2) is 8.17. The molecule has 114 valence electrons. The molecule has 0 spiro atoms. The molecule has 5 heteroatoms. The summed E-state index contributed by atoms with van der Waals surface area (Å²) in [5, 5.41) is 0. The molecule has 1 saturated heterocycles. The molecule has 0 aliphatic carbocycles. The lowest BCUT2D eigenvalue weighted by Gasteiger charge is -2.37. The molecule has 1 aliphatic heterocycles. The molecular formula is C14H31N3O2. The molecule has 0 radical (unpaired) electrons. The quantitative estimate of drug-likeness (QED) is 0.513. The maximum absolute atomic E-state index is 5.88. The summed E-state index contributed by atoms with van der Waals surface area (Å²) in [4.78, 5) is 2.46. The van der Waals surface area contributed by atoms with Crippen LogP contribution in [0.5, 0.6) is 0 Å². The van der Waals surface area contributed by atoms with Gasteiger partial charge < -0.3 is 9.47 Å². The largest absolute Gasteiger partial charge is 0.379 e. The van der Waals surface area contributed by atoms with Gasteiger partial charge in [0.25, 0.3) is 0 Å². The van der Waals surface area contributed by atoms with E-state index in [2.05, 4.69) is 31.1 Å². The van der Waals surface area contributed by atoms with Crippen molar-refractivity contribution in [2.75, 3.05) is 33.4 Å². The first kappa shape index (κ1) is 16.9. The number of nitrogens with one attached hydrogen (secondary N) is 1. The molecule has 0 saturated carbocycles. The monoisotopic (exact) mass is 273 g/mol. The Bertz CT molecular complexity index is 247. The Morgan fingerprint density at radius 1 is 1.53 bits per heavy atom. The van der Waals surface area contributed by atoms with Crippen molar-refractivity contribution in [1.29, 1.82) is 0 Å². The lowest BCUT2D eigenvalue weighted by Crippen LogP contribution is -2.54. The summed E-state index contributed by atoms with van der Waals surface area (Å²) in [5.74, 6) is 5.70. The number of hydrogen-bond acceptors (Lipinski definition) is 5. The third-order valence-electron chi connectivity index (χ3n) is 3.99. The van der Waals surface area contributed by atoms with E-state index in [4.69, 9.17) is 15.3 Å². The van der Waals surface area contributed by atoms with Crippen LogP contribution in [-0.2, 0) is 9.47 Å². The van der Waals surface area contributed by atoms with E-state index in [1.807, 2.05) is 0 Å². The number of methoxy groups -OCH3 is 1. The Hall–Kier alpha value is -0.200. The molecule has 3 N–H and O–H groups in total. The Morgan fingerprint density at radius 2 is 2.26 bits per heavy atom. The molecule has 1 fully saturated rings. The van der Waals surface area contributed by atoms with E-state index in [0.29, 0.717) is 0 Å². The van der Waals surface area contributed by atoms with Gasteiger partial charge in [-0.2, -0.15) is 0 Å². The summed E-state index contributed by atoms with van der Waals surface area (Å²) in [5.41, 5.74) is 2.82. The SMILES string of the molecule is CCCN1CCOC(C(CCC(C)(C)OC)NN)C1. The van der Waals surface area contributed by atoms with Crippen LogP contribution in [-0.4, -0.2) is 56.0 Å². The third kappa shape index (κ3) is 5.75. The molecule has 0 aromatic heterocycles. The van der Waals surface area contributed by atoms with Gasteiger partial charge in [-0.1, -0.05) is 6.92 Å². The molecule has 1 heterocycles. The van der Waals surface area contributed by atoms with Gasteiger partial charge in [-0.3, -0.25) is 16.2 Å². The van der Waals surface area contributed by atoms with Crippen LogP contribution in [0.15, 0.2) is 0 Å². The Kier molecular flexibility index (Phi) is 7.25. The van der Waals surface area contributed by atoms with Crippen molar-refractivity contribution >= 4 is 0 Å². The zero-order chi connectivity index (χ0) is 14.3. The topological polar surface area (TPSA) is 59.8 Å². The smallest absolute Gasteiger partial charge is 0.0868 e. The fourth-order valence-electron chi connectivity index (χ4n) is 2.48. The number of rotatable bonds is 8. The highest BCUT2D eigenvalue weighted by Crippen LogP contribution is 2.20. The van der Waals surface area contributed by atoms with Crippen molar-refractivity contribution in [3.05, 3.63) is 0 Å². The number of nitrogens with two attached hydrogens (primary N) is 1. The summed E-state index contributed by atoms with van der Waals surface area (Å²) in [6, 6.07) is 0.189. The van der Waals surface area contributed by atoms with Crippen LogP contribution in [0.3, 0.4) is 0 Å². The van der Waals surface area contributed by atoms with Crippen LogP contribution in [0.25, 0.3) is 0 Å². The molecule has 2 atom stereocenters. The predicted molar refractivity (Wildman–Crippen MR) is 77.9 cm³/mol. The molecule has 0 amide bonds. The zero-order valence-electron chi connectivity index (χ0n) is 12.9. The highest BCUT2D eigenvalue weighted by molar-refractivity contribution is 4.84. The first-order valence-corrected chi connectivity index (χ1v) is 7.37.